The average Bonchev–Trinajstić information content (AvgIpc) is 2.48. The summed E-state index contributed by atoms with van der Waals surface area (Å²) >= 11 is 0. The van der Waals surface area contributed by atoms with E-state index >= 15 is 0 Å². The lowest BCUT2D eigenvalue weighted by atomic mass is 10.1. The van der Waals surface area contributed by atoms with E-state index in [2.05, 4.69) is 31.7 Å². The Morgan fingerprint density at radius 3 is 2.86 bits per heavy atom. The molecule has 3 rings (SSSR count). The van der Waals surface area contributed by atoms with Crippen LogP contribution < -0.4 is 4.90 Å². The van der Waals surface area contributed by atoms with Crippen LogP contribution in [-0.4, -0.2) is 63.3 Å². The fraction of sp³-hybridized carbons (Fsp3) is 0.533. The Hall–Kier alpha value is -1.79. The second-order valence-corrected chi connectivity index (χ2v) is 5.71. The number of piperazine rings is 1. The van der Waals surface area contributed by atoms with Gasteiger partial charge in [-0.3, -0.25) is 9.88 Å². The minimum absolute atomic E-state index is 0.284. The number of anilines is 1. The SMILES string of the molecule is CC(O)CN1CCN(c2ccc3nccnc3n2)CC1C. The molecule has 0 spiro atoms. The third-order valence-electron chi connectivity index (χ3n) is 3.90. The summed E-state index contributed by atoms with van der Waals surface area (Å²) in [7, 11) is 0. The van der Waals surface area contributed by atoms with Crippen LogP contribution in [0.2, 0.25) is 0 Å². The topological polar surface area (TPSA) is 65.4 Å². The van der Waals surface area contributed by atoms with Crippen molar-refractivity contribution in [3.05, 3.63) is 24.5 Å². The van der Waals surface area contributed by atoms with Crippen molar-refractivity contribution in [2.75, 3.05) is 31.1 Å². The lowest BCUT2D eigenvalue weighted by molar-refractivity contribution is 0.0959. The molecule has 2 aromatic rings. The first-order valence-electron chi connectivity index (χ1n) is 7.38. The van der Waals surface area contributed by atoms with E-state index in [1.54, 1.807) is 12.4 Å². The number of rotatable bonds is 3. The van der Waals surface area contributed by atoms with Crippen LogP contribution in [-0.2, 0) is 0 Å². The number of aromatic nitrogens is 3. The Kier molecular flexibility index (Phi) is 3.98. The standard InChI is InChI=1S/C15H21N5O/c1-11-9-20(8-7-19(11)10-12(2)21)14-4-3-13-15(18-14)17-6-5-16-13/h3-6,11-12,21H,7-10H2,1-2H3. The summed E-state index contributed by atoms with van der Waals surface area (Å²) in [5.74, 6) is 0.951. The van der Waals surface area contributed by atoms with Crippen molar-refractivity contribution in [2.24, 2.45) is 0 Å². The summed E-state index contributed by atoms with van der Waals surface area (Å²) in [5, 5.41) is 9.54. The Labute approximate surface area is 124 Å². The summed E-state index contributed by atoms with van der Waals surface area (Å²) in [6.07, 6.45) is 3.07. The van der Waals surface area contributed by atoms with Crippen LogP contribution in [0, 0.1) is 0 Å². The molecule has 21 heavy (non-hydrogen) atoms. The molecule has 3 heterocycles. The number of aliphatic hydroxyl groups excluding tert-OH is 1. The van der Waals surface area contributed by atoms with Gasteiger partial charge in [0.2, 0.25) is 0 Å². The maximum absolute atomic E-state index is 9.54. The monoisotopic (exact) mass is 287 g/mol. The van der Waals surface area contributed by atoms with Gasteiger partial charge in [0.25, 0.3) is 0 Å². The highest BCUT2D eigenvalue weighted by molar-refractivity contribution is 5.71. The van der Waals surface area contributed by atoms with Gasteiger partial charge in [-0.2, -0.15) is 0 Å². The summed E-state index contributed by atoms with van der Waals surface area (Å²) in [6, 6.07) is 4.37. The quantitative estimate of drug-likeness (QED) is 0.905. The minimum Gasteiger partial charge on any atom is -0.392 e. The molecule has 1 saturated heterocycles. The van der Waals surface area contributed by atoms with Gasteiger partial charge < -0.3 is 10.0 Å². The average molecular weight is 287 g/mol. The Balaban J connectivity index is 1.75. The fourth-order valence-corrected chi connectivity index (χ4v) is 2.83. The van der Waals surface area contributed by atoms with Gasteiger partial charge in [0, 0.05) is 44.6 Å². The zero-order valence-electron chi connectivity index (χ0n) is 12.5. The predicted octanol–water partition coefficient (Wildman–Crippen LogP) is 0.916. The molecule has 0 aromatic carbocycles. The molecule has 2 atom stereocenters. The van der Waals surface area contributed by atoms with Crippen LogP contribution in [0.5, 0.6) is 0 Å². The van der Waals surface area contributed by atoms with E-state index in [1.165, 1.54) is 0 Å². The molecule has 1 N–H and O–H groups in total. The first kappa shape index (κ1) is 14.2. The Morgan fingerprint density at radius 1 is 1.29 bits per heavy atom. The minimum atomic E-state index is -0.284. The number of fused-ring (bicyclic) bond motifs is 1. The van der Waals surface area contributed by atoms with Crippen molar-refractivity contribution in [1.82, 2.24) is 19.9 Å². The predicted molar refractivity (Wildman–Crippen MR) is 82.3 cm³/mol. The second kappa shape index (κ2) is 5.91. The Morgan fingerprint density at radius 2 is 2.10 bits per heavy atom. The van der Waals surface area contributed by atoms with Crippen LogP contribution in [0.15, 0.2) is 24.5 Å². The Bertz CT molecular complexity index is 618. The number of nitrogens with zero attached hydrogens (tertiary/aromatic N) is 5. The second-order valence-electron chi connectivity index (χ2n) is 5.71. The maximum atomic E-state index is 9.54. The van der Waals surface area contributed by atoms with Crippen molar-refractivity contribution < 1.29 is 5.11 Å². The molecule has 0 aliphatic carbocycles. The van der Waals surface area contributed by atoms with Gasteiger partial charge in [-0.05, 0) is 26.0 Å². The molecule has 0 amide bonds. The van der Waals surface area contributed by atoms with Crippen LogP contribution in [0.1, 0.15) is 13.8 Å². The van der Waals surface area contributed by atoms with Crippen molar-refractivity contribution in [3.63, 3.8) is 0 Å². The highest BCUT2D eigenvalue weighted by Crippen LogP contribution is 2.19. The third kappa shape index (κ3) is 3.11. The number of hydrogen-bond acceptors (Lipinski definition) is 6. The molecule has 2 unspecified atom stereocenters. The molecule has 1 aliphatic rings. The summed E-state index contributed by atoms with van der Waals surface area (Å²) in [4.78, 5) is 17.7. The van der Waals surface area contributed by atoms with Gasteiger partial charge in [0.05, 0.1) is 6.10 Å². The molecule has 1 aliphatic heterocycles. The van der Waals surface area contributed by atoms with Crippen molar-refractivity contribution in [3.8, 4) is 0 Å². The molecule has 0 saturated carbocycles. The highest BCUT2D eigenvalue weighted by atomic mass is 16.3. The van der Waals surface area contributed by atoms with E-state index in [9.17, 15) is 5.11 Å². The molecule has 2 aromatic heterocycles. The molecule has 112 valence electrons. The molecule has 0 radical (unpaired) electrons. The van der Waals surface area contributed by atoms with E-state index in [4.69, 9.17) is 0 Å². The van der Waals surface area contributed by atoms with Gasteiger partial charge in [-0.15, -0.1) is 0 Å². The van der Waals surface area contributed by atoms with Gasteiger partial charge in [0.1, 0.15) is 11.3 Å². The van der Waals surface area contributed by atoms with Crippen LogP contribution in [0.25, 0.3) is 11.2 Å². The first-order valence-corrected chi connectivity index (χ1v) is 7.38. The molecule has 6 nitrogen and oxygen atoms in total. The van der Waals surface area contributed by atoms with Crippen molar-refractivity contribution in [2.45, 2.75) is 26.0 Å². The highest BCUT2D eigenvalue weighted by Gasteiger charge is 2.25. The van der Waals surface area contributed by atoms with E-state index in [1.807, 2.05) is 19.1 Å². The van der Waals surface area contributed by atoms with Crippen LogP contribution >= 0.6 is 0 Å². The number of hydrogen-bond donors (Lipinski definition) is 1. The molecule has 6 heteroatoms. The lowest BCUT2D eigenvalue weighted by Gasteiger charge is -2.40. The van der Waals surface area contributed by atoms with Crippen LogP contribution in [0.3, 0.4) is 0 Å². The van der Waals surface area contributed by atoms with E-state index in [0.29, 0.717) is 11.7 Å². The zero-order chi connectivity index (χ0) is 14.8. The summed E-state index contributed by atoms with van der Waals surface area (Å²) < 4.78 is 0. The number of aliphatic hydroxyl groups is 1. The van der Waals surface area contributed by atoms with Gasteiger partial charge in [-0.1, -0.05) is 0 Å². The fourth-order valence-electron chi connectivity index (χ4n) is 2.83. The number of pyridine rings is 1. The van der Waals surface area contributed by atoms with E-state index < -0.39 is 0 Å². The van der Waals surface area contributed by atoms with Crippen LogP contribution in [0.4, 0.5) is 5.82 Å². The van der Waals surface area contributed by atoms with E-state index in [0.717, 1.165) is 37.5 Å². The third-order valence-corrected chi connectivity index (χ3v) is 3.90. The summed E-state index contributed by atoms with van der Waals surface area (Å²) in [5.41, 5.74) is 1.51. The zero-order valence-corrected chi connectivity index (χ0v) is 12.5. The van der Waals surface area contributed by atoms with Crippen molar-refractivity contribution >= 4 is 17.0 Å². The normalized spacial score (nSPS) is 21.7. The molecule has 1 fully saturated rings. The maximum Gasteiger partial charge on any atom is 0.180 e. The smallest absolute Gasteiger partial charge is 0.180 e. The lowest BCUT2D eigenvalue weighted by Crippen LogP contribution is -2.53. The van der Waals surface area contributed by atoms with Crippen molar-refractivity contribution in [1.29, 1.82) is 0 Å². The van der Waals surface area contributed by atoms with E-state index in [-0.39, 0.29) is 6.10 Å². The van der Waals surface area contributed by atoms with Gasteiger partial charge in [0.15, 0.2) is 5.65 Å². The molecule has 0 bridgehead atoms. The largest absolute Gasteiger partial charge is 0.392 e. The first-order chi connectivity index (χ1) is 10.1. The summed E-state index contributed by atoms with van der Waals surface area (Å²) in [6.45, 7) is 7.51. The van der Waals surface area contributed by atoms with Gasteiger partial charge in [-0.25, -0.2) is 9.97 Å². The van der Waals surface area contributed by atoms with Gasteiger partial charge >= 0.3 is 0 Å². The number of β-amino-alcohol motifs (C(OH)–C–C–N with tert-alkyl or cyclic N) is 1. The molecular weight excluding hydrogens is 266 g/mol. The molecular formula is C15H21N5O.